The van der Waals surface area contributed by atoms with Crippen molar-refractivity contribution in [2.45, 2.75) is 19.5 Å². The minimum atomic E-state index is 0.273. The topological polar surface area (TPSA) is 29.0 Å². The van der Waals surface area contributed by atoms with E-state index in [1.54, 1.807) is 6.07 Å². The third-order valence-corrected chi connectivity index (χ3v) is 3.57. The van der Waals surface area contributed by atoms with E-state index in [2.05, 4.69) is 29.1 Å². The number of benzene rings is 1. The van der Waals surface area contributed by atoms with E-state index in [1.165, 1.54) is 5.56 Å². The van der Waals surface area contributed by atoms with E-state index in [-0.39, 0.29) is 6.04 Å². The summed E-state index contributed by atoms with van der Waals surface area (Å²) < 4.78 is 0. The third-order valence-electron chi connectivity index (χ3n) is 3.11. The monoisotopic (exact) mass is 295 g/mol. The van der Waals surface area contributed by atoms with E-state index in [9.17, 15) is 0 Å². The number of hydrogen-bond donors (Lipinski definition) is 0. The highest BCUT2D eigenvalue weighted by Crippen LogP contribution is 2.21. The Labute approximate surface area is 123 Å². The Hall–Kier alpha value is -1.16. The van der Waals surface area contributed by atoms with Crippen molar-refractivity contribution in [3.05, 3.63) is 57.8 Å². The summed E-state index contributed by atoms with van der Waals surface area (Å²) in [5, 5.41) is 9.08. The second kappa shape index (κ2) is 6.33. The van der Waals surface area contributed by atoms with E-state index in [0.29, 0.717) is 11.7 Å². The average molecular weight is 296 g/mol. The van der Waals surface area contributed by atoms with Gasteiger partial charge < -0.3 is 0 Å². The largest absolute Gasteiger partial charge is 0.294 e. The molecule has 0 aliphatic heterocycles. The molecular formula is C14H15Cl2N3. The van der Waals surface area contributed by atoms with Crippen LogP contribution in [0.4, 0.5) is 0 Å². The Kier molecular flexibility index (Phi) is 4.75. The van der Waals surface area contributed by atoms with Crippen molar-refractivity contribution in [2.24, 2.45) is 0 Å². The molecule has 0 aliphatic rings. The first-order valence-electron chi connectivity index (χ1n) is 6.00. The lowest BCUT2D eigenvalue weighted by atomic mass is 10.1. The molecule has 5 heteroatoms. The van der Waals surface area contributed by atoms with Crippen LogP contribution in [0.5, 0.6) is 0 Å². The minimum Gasteiger partial charge on any atom is -0.294 e. The predicted molar refractivity (Wildman–Crippen MR) is 78.4 cm³/mol. The van der Waals surface area contributed by atoms with E-state index in [0.717, 1.165) is 10.7 Å². The quantitative estimate of drug-likeness (QED) is 0.854. The van der Waals surface area contributed by atoms with Gasteiger partial charge in [-0.15, -0.1) is 5.10 Å². The summed E-state index contributed by atoms with van der Waals surface area (Å²) in [6, 6.07) is 11.8. The van der Waals surface area contributed by atoms with E-state index >= 15 is 0 Å². The zero-order valence-electron chi connectivity index (χ0n) is 10.8. The zero-order chi connectivity index (χ0) is 13.8. The molecule has 2 aromatic rings. The molecule has 1 atom stereocenters. The smallest absolute Gasteiger partial charge is 0.151 e. The molecule has 1 heterocycles. The van der Waals surface area contributed by atoms with Crippen molar-refractivity contribution < 1.29 is 0 Å². The van der Waals surface area contributed by atoms with Gasteiger partial charge in [0.2, 0.25) is 0 Å². The summed E-state index contributed by atoms with van der Waals surface area (Å²) in [6.45, 7) is 2.86. The van der Waals surface area contributed by atoms with Crippen LogP contribution in [0.3, 0.4) is 0 Å². The van der Waals surface area contributed by atoms with Crippen molar-refractivity contribution in [2.75, 3.05) is 7.05 Å². The van der Waals surface area contributed by atoms with Gasteiger partial charge in [0.25, 0.3) is 0 Å². The maximum atomic E-state index is 5.90. The van der Waals surface area contributed by atoms with Crippen LogP contribution in [0.1, 0.15) is 24.2 Å². The summed E-state index contributed by atoms with van der Waals surface area (Å²) in [5.41, 5.74) is 2.11. The van der Waals surface area contributed by atoms with Gasteiger partial charge in [0.05, 0.1) is 5.69 Å². The highest BCUT2D eigenvalue weighted by Gasteiger charge is 2.12. The van der Waals surface area contributed by atoms with Crippen LogP contribution in [0.25, 0.3) is 0 Å². The second-order valence-electron chi connectivity index (χ2n) is 4.49. The lowest BCUT2D eigenvalue weighted by molar-refractivity contribution is 0.249. The average Bonchev–Trinajstić information content (AvgIpc) is 2.41. The minimum absolute atomic E-state index is 0.273. The van der Waals surface area contributed by atoms with Crippen LogP contribution in [0, 0.1) is 0 Å². The summed E-state index contributed by atoms with van der Waals surface area (Å²) in [4.78, 5) is 2.20. The highest BCUT2D eigenvalue weighted by atomic mass is 35.5. The molecule has 0 saturated carbocycles. The normalized spacial score (nSPS) is 12.7. The second-order valence-corrected chi connectivity index (χ2v) is 5.31. The van der Waals surface area contributed by atoms with Gasteiger partial charge in [-0.05, 0) is 43.8 Å². The van der Waals surface area contributed by atoms with Gasteiger partial charge >= 0.3 is 0 Å². The first-order valence-corrected chi connectivity index (χ1v) is 6.75. The Balaban J connectivity index is 2.04. The van der Waals surface area contributed by atoms with Gasteiger partial charge in [0.1, 0.15) is 0 Å². The summed E-state index contributed by atoms with van der Waals surface area (Å²) in [6.07, 6.45) is 0. The molecule has 0 amide bonds. The van der Waals surface area contributed by atoms with Gasteiger partial charge in [0, 0.05) is 17.6 Å². The summed E-state index contributed by atoms with van der Waals surface area (Å²) in [7, 11) is 2.05. The van der Waals surface area contributed by atoms with Crippen molar-refractivity contribution in [1.29, 1.82) is 0 Å². The Bertz CT molecular complexity index is 525. The molecular weight excluding hydrogens is 281 g/mol. The molecule has 0 saturated heterocycles. The first-order chi connectivity index (χ1) is 9.06. The zero-order valence-corrected chi connectivity index (χ0v) is 12.4. The fourth-order valence-corrected chi connectivity index (χ4v) is 2.04. The van der Waals surface area contributed by atoms with Crippen molar-refractivity contribution in [3.63, 3.8) is 0 Å². The van der Waals surface area contributed by atoms with Gasteiger partial charge in [0.15, 0.2) is 5.15 Å². The van der Waals surface area contributed by atoms with Crippen LogP contribution < -0.4 is 0 Å². The molecule has 1 aromatic carbocycles. The Morgan fingerprint density at radius 2 is 1.74 bits per heavy atom. The maximum absolute atomic E-state index is 5.90. The van der Waals surface area contributed by atoms with E-state index in [4.69, 9.17) is 23.2 Å². The van der Waals surface area contributed by atoms with Crippen molar-refractivity contribution in [1.82, 2.24) is 15.1 Å². The van der Waals surface area contributed by atoms with Crippen LogP contribution in [-0.2, 0) is 6.54 Å². The van der Waals surface area contributed by atoms with Gasteiger partial charge in [-0.3, -0.25) is 4.90 Å². The molecule has 0 radical (unpaired) electrons. The number of nitrogens with zero attached hydrogens (tertiary/aromatic N) is 3. The summed E-state index contributed by atoms with van der Waals surface area (Å²) in [5.74, 6) is 0. The third kappa shape index (κ3) is 3.90. The number of rotatable bonds is 4. The van der Waals surface area contributed by atoms with E-state index in [1.807, 2.05) is 30.3 Å². The first kappa shape index (κ1) is 14.3. The molecule has 1 unspecified atom stereocenters. The van der Waals surface area contributed by atoms with Crippen LogP contribution in [0.15, 0.2) is 36.4 Å². The molecule has 3 nitrogen and oxygen atoms in total. The molecule has 0 spiro atoms. The molecule has 2 rings (SSSR count). The van der Waals surface area contributed by atoms with Gasteiger partial charge in [-0.1, -0.05) is 35.3 Å². The van der Waals surface area contributed by atoms with Crippen molar-refractivity contribution >= 4 is 23.2 Å². The SMILES string of the molecule is CC(c1ccc(Cl)cc1)N(C)Cc1ccc(Cl)nn1. The number of hydrogen-bond acceptors (Lipinski definition) is 3. The molecule has 0 N–H and O–H groups in total. The molecule has 100 valence electrons. The molecule has 19 heavy (non-hydrogen) atoms. The molecule has 1 aromatic heterocycles. The lowest BCUT2D eigenvalue weighted by Gasteiger charge is -2.24. The molecule has 0 bridgehead atoms. The van der Waals surface area contributed by atoms with Gasteiger partial charge in [-0.25, -0.2) is 0 Å². The van der Waals surface area contributed by atoms with Crippen LogP contribution >= 0.6 is 23.2 Å². The molecule has 0 aliphatic carbocycles. The molecule has 0 fully saturated rings. The lowest BCUT2D eigenvalue weighted by Crippen LogP contribution is -2.22. The predicted octanol–water partition coefficient (Wildman–Crippen LogP) is 3.98. The Morgan fingerprint density at radius 3 is 2.32 bits per heavy atom. The standard InChI is InChI=1S/C14H15Cl2N3/c1-10(11-3-5-12(15)6-4-11)19(2)9-13-7-8-14(16)18-17-13/h3-8,10H,9H2,1-2H3. The van der Waals surface area contributed by atoms with Crippen LogP contribution in [0.2, 0.25) is 10.2 Å². The number of halogens is 2. The van der Waals surface area contributed by atoms with E-state index < -0.39 is 0 Å². The van der Waals surface area contributed by atoms with Gasteiger partial charge in [-0.2, -0.15) is 5.10 Å². The van der Waals surface area contributed by atoms with Crippen LogP contribution in [-0.4, -0.2) is 22.1 Å². The highest BCUT2D eigenvalue weighted by molar-refractivity contribution is 6.30. The summed E-state index contributed by atoms with van der Waals surface area (Å²) >= 11 is 11.6. The Morgan fingerprint density at radius 1 is 1.05 bits per heavy atom. The fourth-order valence-electron chi connectivity index (χ4n) is 1.82. The van der Waals surface area contributed by atoms with Crippen molar-refractivity contribution in [3.8, 4) is 0 Å². The number of aromatic nitrogens is 2. The fraction of sp³-hybridized carbons (Fsp3) is 0.286. The maximum Gasteiger partial charge on any atom is 0.151 e.